The number of aromatic nitrogens is 2. The highest BCUT2D eigenvalue weighted by Gasteiger charge is 2.21. The summed E-state index contributed by atoms with van der Waals surface area (Å²) in [5, 5.41) is 7.67. The van der Waals surface area contributed by atoms with Crippen molar-refractivity contribution in [2.75, 3.05) is 31.1 Å². The zero-order valence-electron chi connectivity index (χ0n) is 17.5. The molecule has 0 aliphatic carbocycles. The summed E-state index contributed by atoms with van der Waals surface area (Å²) in [7, 11) is 0. The van der Waals surface area contributed by atoms with Gasteiger partial charge in [-0.1, -0.05) is 24.3 Å². The Morgan fingerprint density at radius 2 is 1.80 bits per heavy atom. The van der Waals surface area contributed by atoms with Crippen LogP contribution in [-0.2, 0) is 11.2 Å². The molecule has 5 nitrogen and oxygen atoms in total. The summed E-state index contributed by atoms with van der Waals surface area (Å²) in [4.78, 5) is 16.8. The first-order chi connectivity index (χ1) is 14.5. The van der Waals surface area contributed by atoms with Crippen molar-refractivity contribution in [3.05, 3.63) is 71.0 Å². The molecule has 1 N–H and O–H groups in total. The Hall–Kier alpha value is -3.15. The first kappa shape index (κ1) is 20.1. The van der Waals surface area contributed by atoms with E-state index in [4.69, 9.17) is 0 Å². The fourth-order valence-corrected chi connectivity index (χ4v) is 3.81. The Bertz CT molecular complexity index is 1030. The molecule has 2 heterocycles. The Morgan fingerprint density at radius 1 is 1.00 bits per heavy atom. The van der Waals surface area contributed by atoms with Gasteiger partial charge in [0, 0.05) is 32.2 Å². The van der Waals surface area contributed by atoms with Crippen LogP contribution >= 0.6 is 0 Å². The van der Waals surface area contributed by atoms with Gasteiger partial charge in [-0.05, 0) is 60.7 Å². The largest absolute Gasteiger partial charge is 0.353 e. The number of aromatic amines is 1. The SMILES string of the molecule is Cc1ccc(-c2cc(N3CCCN(C(=O)Cc4ccc(F)cc4)CC3)n[nH]2)cc1C. The van der Waals surface area contributed by atoms with Crippen LogP contribution in [0.3, 0.4) is 0 Å². The van der Waals surface area contributed by atoms with E-state index in [1.807, 2.05) is 4.90 Å². The molecule has 1 fully saturated rings. The van der Waals surface area contributed by atoms with Crippen molar-refractivity contribution < 1.29 is 9.18 Å². The van der Waals surface area contributed by atoms with E-state index in [-0.39, 0.29) is 11.7 Å². The lowest BCUT2D eigenvalue weighted by atomic mass is 10.0. The van der Waals surface area contributed by atoms with Gasteiger partial charge in [-0.25, -0.2) is 4.39 Å². The molecule has 156 valence electrons. The molecule has 0 atom stereocenters. The molecular weight excluding hydrogens is 379 g/mol. The first-order valence-electron chi connectivity index (χ1n) is 10.4. The molecule has 0 radical (unpaired) electrons. The number of H-pyrrole nitrogens is 1. The average molecular weight is 407 g/mol. The molecule has 6 heteroatoms. The Labute approximate surface area is 176 Å². The van der Waals surface area contributed by atoms with Crippen molar-refractivity contribution in [3.63, 3.8) is 0 Å². The Kier molecular flexibility index (Phi) is 5.84. The van der Waals surface area contributed by atoms with E-state index in [1.165, 1.54) is 23.3 Å². The summed E-state index contributed by atoms with van der Waals surface area (Å²) in [6.45, 7) is 7.21. The molecule has 30 heavy (non-hydrogen) atoms. The summed E-state index contributed by atoms with van der Waals surface area (Å²) in [6.07, 6.45) is 1.20. The molecule has 4 rings (SSSR count). The van der Waals surface area contributed by atoms with Gasteiger partial charge in [0.2, 0.25) is 5.91 Å². The van der Waals surface area contributed by atoms with Gasteiger partial charge in [0.15, 0.2) is 5.82 Å². The van der Waals surface area contributed by atoms with Crippen molar-refractivity contribution >= 4 is 11.7 Å². The summed E-state index contributed by atoms with van der Waals surface area (Å²) in [6, 6.07) is 14.6. The maximum Gasteiger partial charge on any atom is 0.227 e. The lowest BCUT2D eigenvalue weighted by Crippen LogP contribution is -2.36. The Morgan fingerprint density at radius 3 is 2.57 bits per heavy atom. The first-order valence-corrected chi connectivity index (χ1v) is 10.4. The third-order valence-corrected chi connectivity index (χ3v) is 5.82. The molecule has 1 saturated heterocycles. The highest BCUT2D eigenvalue weighted by atomic mass is 19.1. The number of nitrogens with zero attached hydrogens (tertiary/aromatic N) is 3. The summed E-state index contributed by atoms with van der Waals surface area (Å²) >= 11 is 0. The minimum Gasteiger partial charge on any atom is -0.353 e. The molecule has 0 spiro atoms. The van der Waals surface area contributed by atoms with Crippen LogP contribution in [0.25, 0.3) is 11.3 Å². The standard InChI is InChI=1S/C24H27FN4O/c1-17-4-7-20(14-18(17)2)22-16-23(27-26-22)28-10-3-11-29(13-12-28)24(30)15-19-5-8-21(25)9-6-19/h4-9,14,16H,3,10-13,15H2,1-2H3,(H,26,27). The van der Waals surface area contributed by atoms with Crippen LogP contribution < -0.4 is 4.90 Å². The number of carbonyl (C=O) groups is 1. The highest BCUT2D eigenvalue weighted by molar-refractivity contribution is 5.79. The van der Waals surface area contributed by atoms with Gasteiger partial charge in [0.25, 0.3) is 0 Å². The average Bonchev–Trinajstić information content (AvgIpc) is 3.09. The summed E-state index contributed by atoms with van der Waals surface area (Å²) < 4.78 is 13.1. The van der Waals surface area contributed by atoms with E-state index in [2.05, 4.69) is 53.2 Å². The molecule has 1 aromatic heterocycles. The van der Waals surface area contributed by atoms with Gasteiger partial charge in [-0.15, -0.1) is 0 Å². The second-order valence-corrected chi connectivity index (χ2v) is 7.96. The number of nitrogens with one attached hydrogen (secondary N) is 1. The third kappa shape index (κ3) is 4.53. The highest BCUT2D eigenvalue weighted by Crippen LogP contribution is 2.24. The van der Waals surface area contributed by atoms with E-state index in [9.17, 15) is 9.18 Å². The molecule has 3 aromatic rings. The van der Waals surface area contributed by atoms with Gasteiger partial charge in [-0.2, -0.15) is 5.10 Å². The van der Waals surface area contributed by atoms with E-state index in [0.717, 1.165) is 48.7 Å². The zero-order valence-corrected chi connectivity index (χ0v) is 17.5. The number of hydrogen-bond acceptors (Lipinski definition) is 3. The lowest BCUT2D eigenvalue weighted by molar-refractivity contribution is -0.130. The zero-order chi connectivity index (χ0) is 21.1. The molecule has 1 aliphatic heterocycles. The molecule has 2 aromatic carbocycles. The van der Waals surface area contributed by atoms with Gasteiger partial charge < -0.3 is 9.80 Å². The van der Waals surface area contributed by atoms with Gasteiger partial charge in [-0.3, -0.25) is 9.89 Å². The third-order valence-electron chi connectivity index (χ3n) is 5.82. The molecule has 0 unspecified atom stereocenters. The van der Waals surface area contributed by atoms with E-state index in [1.54, 1.807) is 12.1 Å². The molecule has 0 saturated carbocycles. The maximum absolute atomic E-state index is 13.1. The van der Waals surface area contributed by atoms with E-state index >= 15 is 0 Å². The fraction of sp³-hybridized carbons (Fsp3) is 0.333. The smallest absolute Gasteiger partial charge is 0.227 e. The fourth-order valence-electron chi connectivity index (χ4n) is 3.81. The number of amides is 1. The number of rotatable bonds is 4. The number of anilines is 1. The number of benzene rings is 2. The Balaban J connectivity index is 1.39. The van der Waals surface area contributed by atoms with Crippen molar-refractivity contribution in [3.8, 4) is 11.3 Å². The molecular formula is C24H27FN4O. The van der Waals surface area contributed by atoms with Crippen molar-refractivity contribution in [2.24, 2.45) is 0 Å². The van der Waals surface area contributed by atoms with Crippen LogP contribution in [0, 0.1) is 19.7 Å². The minimum absolute atomic E-state index is 0.0845. The number of aryl methyl sites for hydroxylation is 2. The van der Waals surface area contributed by atoms with Crippen LogP contribution in [0.1, 0.15) is 23.1 Å². The quantitative estimate of drug-likeness (QED) is 0.709. The molecule has 0 bridgehead atoms. The second kappa shape index (κ2) is 8.69. The molecule has 1 amide bonds. The monoisotopic (exact) mass is 406 g/mol. The minimum atomic E-state index is -0.282. The maximum atomic E-state index is 13.1. The second-order valence-electron chi connectivity index (χ2n) is 7.96. The number of halogens is 1. The van der Waals surface area contributed by atoms with Gasteiger partial charge in [0.05, 0.1) is 12.1 Å². The lowest BCUT2D eigenvalue weighted by Gasteiger charge is -2.22. The topological polar surface area (TPSA) is 52.2 Å². The predicted octanol–water partition coefficient (Wildman–Crippen LogP) is 4.11. The number of carbonyl (C=O) groups excluding carboxylic acids is 1. The van der Waals surface area contributed by atoms with E-state index < -0.39 is 0 Å². The van der Waals surface area contributed by atoms with E-state index in [0.29, 0.717) is 13.0 Å². The van der Waals surface area contributed by atoms with Crippen LogP contribution in [0.4, 0.5) is 10.2 Å². The number of hydrogen-bond donors (Lipinski definition) is 1. The van der Waals surface area contributed by atoms with Gasteiger partial charge >= 0.3 is 0 Å². The summed E-state index contributed by atoms with van der Waals surface area (Å²) in [5.74, 6) is 0.716. The van der Waals surface area contributed by atoms with Crippen LogP contribution in [0.15, 0.2) is 48.5 Å². The van der Waals surface area contributed by atoms with Crippen LogP contribution in [0.5, 0.6) is 0 Å². The van der Waals surface area contributed by atoms with Crippen molar-refractivity contribution in [2.45, 2.75) is 26.7 Å². The van der Waals surface area contributed by atoms with Crippen LogP contribution in [-0.4, -0.2) is 47.2 Å². The van der Waals surface area contributed by atoms with Gasteiger partial charge in [0.1, 0.15) is 5.82 Å². The van der Waals surface area contributed by atoms with Crippen molar-refractivity contribution in [1.29, 1.82) is 0 Å². The van der Waals surface area contributed by atoms with Crippen LogP contribution in [0.2, 0.25) is 0 Å². The summed E-state index contributed by atoms with van der Waals surface area (Å²) in [5.41, 5.74) is 5.50. The predicted molar refractivity (Wildman–Crippen MR) is 117 cm³/mol. The normalized spacial score (nSPS) is 14.6. The molecule has 1 aliphatic rings. The van der Waals surface area contributed by atoms with Crippen molar-refractivity contribution in [1.82, 2.24) is 15.1 Å².